The van der Waals surface area contributed by atoms with Gasteiger partial charge >= 0.3 is 0 Å². The van der Waals surface area contributed by atoms with Crippen LogP contribution < -0.4 is 0 Å². The van der Waals surface area contributed by atoms with Crippen molar-refractivity contribution in [1.29, 1.82) is 0 Å². The van der Waals surface area contributed by atoms with Crippen LogP contribution in [0.2, 0.25) is 0 Å². The first-order valence-electron chi connectivity index (χ1n) is 23.9. The van der Waals surface area contributed by atoms with E-state index >= 15 is 0 Å². The van der Waals surface area contributed by atoms with Crippen molar-refractivity contribution < 1.29 is 0 Å². The maximum absolute atomic E-state index is 5.58. The van der Waals surface area contributed by atoms with Gasteiger partial charge in [-0.1, -0.05) is 188 Å². The Kier molecular flexibility index (Phi) is 9.17. The number of hydrogen-bond donors (Lipinski definition) is 0. The lowest BCUT2D eigenvalue weighted by molar-refractivity contribution is 1.16. The molecule has 0 fully saturated rings. The van der Waals surface area contributed by atoms with Crippen molar-refractivity contribution >= 4 is 65.2 Å². The van der Waals surface area contributed by atoms with Gasteiger partial charge in [-0.2, -0.15) is 0 Å². The van der Waals surface area contributed by atoms with Gasteiger partial charge in [0, 0.05) is 49.6 Å². The normalized spacial score (nSPS) is 11.7. The van der Waals surface area contributed by atoms with Gasteiger partial charge in [-0.25, -0.2) is 9.97 Å². The lowest BCUT2D eigenvalue weighted by atomic mass is 9.92. The summed E-state index contributed by atoms with van der Waals surface area (Å²) >= 11 is 0. The first kappa shape index (κ1) is 39.8. The summed E-state index contributed by atoms with van der Waals surface area (Å²) in [7, 11) is 0. The van der Waals surface area contributed by atoms with Crippen LogP contribution in [0.5, 0.6) is 0 Å². The second-order valence-electron chi connectivity index (χ2n) is 18.2. The summed E-state index contributed by atoms with van der Waals surface area (Å²) in [6.45, 7) is 0. The lowest BCUT2D eigenvalue weighted by Gasteiger charge is -2.17. The average molecular weight is 891 g/mol. The summed E-state index contributed by atoms with van der Waals surface area (Å²) in [4.78, 5) is 11.1. The predicted molar refractivity (Wildman–Crippen MR) is 293 cm³/mol. The molecule has 4 heteroatoms. The molecule has 3 aromatic heterocycles. The number of aromatic nitrogens is 4. The smallest absolute Gasteiger partial charge is 0.160 e. The van der Waals surface area contributed by atoms with Gasteiger partial charge in [-0.05, 0) is 111 Å². The summed E-state index contributed by atoms with van der Waals surface area (Å²) < 4.78 is 4.80. The van der Waals surface area contributed by atoms with Crippen molar-refractivity contribution in [1.82, 2.24) is 19.1 Å². The Balaban J connectivity index is 1.05. The van der Waals surface area contributed by atoms with Gasteiger partial charge in [0.25, 0.3) is 0 Å². The van der Waals surface area contributed by atoms with Gasteiger partial charge in [0.1, 0.15) is 0 Å². The maximum atomic E-state index is 5.58. The second kappa shape index (κ2) is 16.2. The molecule has 3 heterocycles. The Labute approximate surface area is 404 Å². The molecule has 11 aromatic carbocycles. The second-order valence-corrected chi connectivity index (χ2v) is 18.2. The number of para-hydroxylation sites is 3. The van der Waals surface area contributed by atoms with Crippen LogP contribution in [-0.4, -0.2) is 19.1 Å². The Morgan fingerprint density at radius 1 is 0.243 bits per heavy atom. The molecule has 326 valence electrons. The fraction of sp³-hybridized carbons (Fsp3) is 0. The van der Waals surface area contributed by atoms with Crippen LogP contribution in [0.15, 0.2) is 255 Å². The molecule has 0 unspecified atom stereocenters. The van der Waals surface area contributed by atoms with E-state index in [-0.39, 0.29) is 0 Å². The van der Waals surface area contributed by atoms with Crippen molar-refractivity contribution in [3.05, 3.63) is 255 Å². The summed E-state index contributed by atoms with van der Waals surface area (Å²) in [6, 6.07) is 91.8. The van der Waals surface area contributed by atoms with E-state index < -0.39 is 0 Å². The Bertz CT molecular complexity index is 4340. The molecule has 0 atom stereocenters. The van der Waals surface area contributed by atoms with Crippen LogP contribution in [-0.2, 0) is 0 Å². The topological polar surface area (TPSA) is 35.6 Å². The van der Waals surface area contributed by atoms with E-state index in [0.717, 1.165) is 67.1 Å². The van der Waals surface area contributed by atoms with Crippen LogP contribution in [0.3, 0.4) is 0 Å². The van der Waals surface area contributed by atoms with Crippen molar-refractivity contribution in [2.45, 2.75) is 0 Å². The average Bonchev–Trinajstić information content (AvgIpc) is 3.95. The minimum absolute atomic E-state index is 0.652. The van der Waals surface area contributed by atoms with E-state index in [2.05, 4.69) is 264 Å². The van der Waals surface area contributed by atoms with Crippen molar-refractivity contribution in [2.75, 3.05) is 0 Å². The van der Waals surface area contributed by atoms with Gasteiger partial charge in [0.15, 0.2) is 5.82 Å². The van der Waals surface area contributed by atoms with Crippen molar-refractivity contribution in [2.24, 2.45) is 0 Å². The van der Waals surface area contributed by atoms with Gasteiger partial charge < -0.3 is 9.13 Å². The van der Waals surface area contributed by atoms with Crippen LogP contribution >= 0.6 is 0 Å². The molecule has 0 aliphatic heterocycles. The standard InChI is InChI=1S/C66H42N4/c1-4-18-43(19-5-1)45-32-34-57-56-29-15-17-31-63(56)70(64(57)40-45)51-37-48(59-39-46-22-10-11-25-52(46)53-26-12-13-27-54(53)59)36-49(38-51)66-67-60(44-20-6-2-7-21-44)42-61(68-66)47-33-35-58-55-28-14-16-30-62(55)69(65(58)41-47)50-23-8-3-9-24-50/h1-42H. The van der Waals surface area contributed by atoms with Gasteiger partial charge in [0.05, 0.1) is 33.5 Å². The van der Waals surface area contributed by atoms with Crippen LogP contribution in [0.1, 0.15) is 0 Å². The van der Waals surface area contributed by atoms with Crippen LogP contribution in [0, 0.1) is 0 Å². The summed E-state index contributed by atoms with van der Waals surface area (Å²) in [5.74, 6) is 0.652. The van der Waals surface area contributed by atoms with Crippen LogP contribution in [0.25, 0.3) is 133 Å². The fourth-order valence-electron chi connectivity index (χ4n) is 10.8. The monoisotopic (exact) mass is 890 g/mol. The van der Waals surface area contributed by atoms with E-state index in [1.54, 1.807) is 0 Å². The predicted octanol–water partition coefficient (Wildman–Crippen LogP) is 17.3. The Morgan fingerprint density at radius 3 is 1.41 bits per heavy atom. The Hall–Kier alpha value is -9.38. The first-order chi connectivity index (χ1) is 34.7. The molecule has 14 rings (SSSR count). The van der Waals surface area contributed by atoms with Crippen molar-refractivity contribution in [3.8, 4) is 67.5 Å². The molecule has 0 bridgehead atoms. The quantitative estimate of drug-likeness (QED) is 0.149. The third-order valence-corrected chi connectivity index (χ3v) is 14.1. The lowest BCUT2D eigenvalue weighted by Crippen LogP contribution is -2.00. The molecule has 0 N–H and O–H groups in total. The summed E-state index contributed by atoms with van der Waals surface area (Å²) in [5, 5.41) is 9.66. The number of rotatable bonds is 7. The molecule has 14 aromatic rings. The fourth-order valence-corrected chi connectivity index (χ4v) is 10.8. The molecule has 0 saturated carbocycles. The number of hydrogen-bond acceptors (Lipinski definition) is 2. The highest BCUT2D eigenvalue weighted by Crippen LogP contribution is 2.42. The molecule has 0 aliphatic carbocycles. The number of nitrogens with zero attached hydrogens (tertiary/aromatic N) is 4. The van der Waals surface area contributed by atoms with E-state index in [1.165, 1.54) is 59.7 Å². The molecule has 0 amide bonds. The third kappa shape index (κ3) is 6.53. The zero-order valence-corrected chi connectivity index (χ0v) is 38.0. The van der Waals surface area contributed by atoms with Gasteiger partial charge in [-0.15, -0.1) is 0 Å². The van der Waals surface area contributed by atoms with E-state index in [0.29, 0.717) is 5.82 Å². The molecular weight excluding hydrogens is 849 g/mol. The highest BCUT2D eigenvalue weighted by molar-refractivity contribution is 6.15. The molecule has 70 heavy (non-hydrogen) atoms. The molecule has 0 saturated heterocycles. The maximum Gasteiger partial charge on any atom is 0.160 e. The first-order valence-corrected chi connectivity index (χ1v) is 23.9. The van der Waals surface area contributed by atoms with E-state index in [9.17, 15) is 0 Å². The molecule has 0 aliphatic rings. The van der Waals surface area contributed by atoms with Gasteiger partial charge in [0.2, 0.25) is 0 Å². The largest absolute Gasteiger partial charge is 0.309 e. The zero-order chi connectivity index (χ0) is 46.1. The molecule has 0 spiro atoms. The summed E-state index contributed by atoms with van der Waals surface area (Å²) in [5.41, 5.74) is 16.0. The highest BCUT2D eigenvalue weighted by atomic mass is 15.0. The van der Waals surface area contributed by atoms with E-state index in [4.69, 9.17) is 9.97 Å². The molecule has 4 nitrogen and oxygen atoms in total. The SMILES string of the molecule is c1ccc(-c2ccc3c4ccccc4n(-c4cc(-c5nc(-c6ccccc6)cc(-c6ccc7c8ccccc8n(-c8ccccc8)c7c6)n5)cc(-c5cc6ccccc6c6ccccc56)c4)c3c2)cc1. The zero-order valence-electron chi connectivity index (χ0n) is 38.0. The minimum Gasteiger partial charge on any atom is -0.309 e. The minimum atomic E-state index is 0.652. The van der Waals surface area contributed by atoms with Crippen molar-refractivity contribution in [3.63, 3.8) is 0 Å². The van der Waals surface area contributed by atoms with E-state index in [1.807, 2.05) is 0 Å². The number of fused-ring (bicyclic) bond motifs is 9. The third-order valence-electron chi connectivity index (χ3n) is 14.1. The molecule has 0 radical (unpaired) electrons. The Morgan fingerprint density at radius 2 is 0.729 bits per heavy atom. The van der Waals surface area contributed by atoms with Crippen LogP contribution in [0.4, 0.5) is 0 Å². The molecular formula is C66H42N4. The highest BCUT2D eigenvalue weighted by Gasteiger charge is 2.20. The summed E-state index contributed by atoms with van der Waals surface area (Å²) in [6.07, 6.45) is 0. The van der Waals surface area contributed by atoms with Gasteiger partial charge in [-0.3, -0.25) is 0 Å². The number of benzene rings is 11.